The Morgan fingerprint density at radius 3 is 2.68 bits per heavy atom. The van der Waals surface area contributed by atoms with Crippen molar-refractivity contribution in [2.24, 2.45) is 17.8 Å². The molecular formula is C32H41NO4. The zero-order chi connectivity index (χ0) is 25.7. The van der Waals surface area contributed by atoms with Gasteiger partial charge in [-0.2, -0.15) is 0 Å². The molecule has 2 aromatic rings. The van der Waals surface area contributed by atoms with Gasteiger partial charge < -0.3 is 19.7 Å². The van der Waals surface area contributed by atoms with E-state index in [1.807, 2.05) is 25.1 Å². The molecule has 0 radical (unpaired) electrons. The molecule has 3 aliphatic carbocycles. The molecule has 0 aromatic heterocycles. The lowest BCUT2D eigenvalue weighted by atomic mass is 9.44. The fraction of sp³-hybridized carbons (Fsp3) is 0.625. The summed E-state index contributed by atoms with van der Waals surface area (Å²) in [5.41, 5.74) is 2.68. The number of phenols is 1. The fourth-order valence-corrected chi connectivity index (χ4v) is 9.43. The minimum atomic E-state index is -1.09. The molecule has 1 unspecified atom stereocenters. The van der Waals surface area contributed by atoms with Crippen LogP contribution in [0, 0.1) is 24.7 Å². The Hall–Kier alpha value is -2.08. The van der Waals surface area contributed by atoms with Crippen molar-refractivity contribution < 1.29 is 19.7 Å². The normalized spacial score (nSPS) is 37.5. The van der Waals surface area contributed by atoms with E-state index < -0.39 is 11.2 Å². The topological polar surface area (TPSA) is 62.2 Å². The molecule has 2 heterocycles. The van der Waals surface area contributed by atoms with Crippen molar-refractivity contribution in [1.82, 2.24) is 4.90 Å². The molecule has 5 aliphatic rings. The highest BCUT2D eigenvalue weighted by Gasteiger charge is 2.73. The van der Waals surface area contributed by atoms with Crippen LogP contribution in [0.3, 0.4) is 0 Å². The molecule has 2 N–H and O–H groups in total. The third-order valence-electron chi connectivity index (χ3n) is 11.2. The molecular weight excluding hydrogens is 462 g/mol. The number of methoxy groups -OCH3 is 1. The second-order valence-electron chi connectivity index (χ2n) is 12.8. The molecule has 37 heavy (non-hydrogen) atoms. The third kappa shape index (κ3) is 3.02. The van der Waals surface area contributed by atoms with Crippen LogP contribution in [0.15, 0.2) is 36.4 Å². The Morgan fingerprint density at radius 2 is 1.97 bits per heavy atom. The SMILES string of the molecule is CC[C@@]1(OC)[C@@H]([C@](C)(O)c2ccccc2C)CC2[C@H]3Cc4ccc(O)c5c4[C@@]2(CCN3CC2CC2)[C@H]1O5. The summed E-state index contributed by atoms with van der Waals surface area (Å²) < 4.78 is 13.5. The zero-order valence-corrected chi connectivity index (χ0v) is 22.7. The van der Waals surface area contributed by atoms with Crippen molar-refractivity contribution in [3.63, 3.8) is 0 Å². The first-order valence-corrected chi connectivity index (χ1v) is 14.4. The predicted molar refractivity (Wildman–Crippen MR) is 143 cm³/mol. The largest absolute Gasteiger partial charge is 0.504 e. The summed E-state index contributed by atoms with van der Waals surface area (Å²) in [6.07, 6.45) is 6.07. The summed E-state index contributed by atoms with van der Waals surface area (Å²) in [5.74, 6) is 1.94. The van der Waals surface area contributed by atoms with E-state index in [0.29, 0.717) is 17.7 Å². The van der Waals surface area contributed by atoms with Crippen LogP contribution in [-0.4, -0.2) is 53.1 Å². The Bertz CT molecular complexity index is 1230. The number of hydrogen-bond acceptors (Lipinski definition) is 5. The minimum absolute atomic E-state index is 0.152. The third-order valence-corrected chi connectivity index (χ3v) is 11.2. The predicted octanol–water partition coefficient (Wildman–Crippen LogP) is 5.08. The maximum absolute atomic E-state index is 12.5. The molecule has 2 aliphatic heterocycles. The molecule has 5 nitrogen and oxygen atoms in total. The number of aryl methyl sites for hydroxylation is 1. The highest BCUT2D eigenvalue weighted by molar-refractivity contribution is 5.61. The number of aromatic hydroxyl groups is 1. The molecule has 1 spiro atoms. The van der Waals surface area contributed by atoms with E-state index in [9.17, 15) is 10.2 Å². The van der Waals surface area contributed by atoms with Gasteiger partial charge >= 0.3 is 0 Å². The van der Waals surface area contributed by atoms with E-state index in [-0.39, 0.29) is 23.2 Å². The second-order valence-corrected chi connectivity index (χ2v) is 12.8. The minimum Gasteiger partial charge on any atom is -0.504 e. The van der Waals surface area contributed by atoms with Crippen molar-refractivity contribution in [2.45, 2.75) is 88.1 Å². The van der Waals surface area contributed by atoms with Gasteiger partial charge in [0.2, 0.25) is 0 Å². The number of hydrogen-bond donors (Lipinski definition) is 2. The Labute approximate surface area is 220 Å². The smallest absolute Gasteiger partial charge is 0.165 e. The molecule has 3 fully saturated rings. The molecule has 7 atom stereocenters. The average molecular weight is 504 g/mol. The number of rotatable bonds is 6. The van der Waals surface area contributed by atoms with Gasteiger partial charge in [-0.1, -0.05) is 37.3 Å². The first-order valence-electron chi connectivity index (χ1n) is 14.4. The summed E-state index contributed by atoms with van der Waals surface area (Å²) >= 11 is 0. The summed E-state index contributed by atoms with van der Waals surface area (Å²) in [4.78, 5) is 2.77. The van der Waals surface area contributed by atoms with Gasteiger partial charge in [0.25, 0.3) is 0 Å². The number of likely N-dealkylation sites (tertiary alicyclic amines) is 1. The first-order chi connectivity index (χ1) is 17.8. The van der Waals surface area contributed by atoms with Crippen LogP contribution < -0.4 is 4.74 Å². The molecule has 2 aromatic carbocycles. The van der Waals surface area contributed by atoms with Crippen LogP contribution in [0.2, 0.25) is 0 Å². The van der Waals surface area contributed by atoms with E-state index in [1.165, 1.54) is 30.5 Å². The van der Waals surface area contributed by atoms with Crippen molar-refractivity contribution in [2.75, 3.05) is 20.2 Å². The molecule has 1 saturated heterocycles. The Kier molecular flexibility index (Phi) is 5.17. The number of phenolic OH excluding ortho intramolecular Hbond substituents is 1. The van der Waals surface area contributed by atoms with E-state index >= 15 is 0 Å². The van der Waals surface area contributed by atoms with Crippen LogP contribution in [0.1, 0.15) is 68.2 Å². The van der Waals surface area contributed by atoms with Crippen LogP contribution in [0.25, 0.3) is 0 Å². The number of benzene rings is 2. The summed E-state index contributed by atoms with van der Waals surface area (Å²) in [7, 11) is 1.80. The quantitative estimate of drug-likeness (QED) is 0.576. The molecule has 7 rings (SSSR count). The lowest BCUT2D eigenvalue weighted by Gasteiger charge is -2.65. The highest BCUT2D eigenvalue weighted by atomic mass is 16.6. The van der Waals surface area contributed by atoms with Crippen LogP contribution in [0.5, 0.6) is 11.5 Å². The summed E-state index contributed by atoms with van der Waals surface area (Å²) in [6, 6.07) is 12.6. The average Bonchev–Trinajstić information content (AvgIpc) is 3.64. The van der Waals surface area contributed by atoms with Crippen LogP contribution >= 0.6 is 0 Å². The first kappa shape index (κ1) is 24.0. The van der Waals surface area contributed by atoms with Gasteiger partial charge in [-0.15, -0.1) is 0 Å². The standard InChI is InChI=1S/C32H41NO4/c1-5-32(36-4)26(30(3,35)22-9-7-6-8-19(22)2)17-23-24-16-21-12-13-25(34)28-27(21)31(23,29(32)37-28)14-15-33(24)18-20-10-11-20/h6-9,12-13,20,23-24,26,29,34-35H,5,10-11,14-18H2,1-4H3/t23?,24-,26-,29-,30-,31+,32-/m1/s1. The number of ether oxygens (including phenoxy) is 2. The Balaban J connectivity index is 1.43. The van der Waals surface area contributed by atoms with Gasteiger partial charge in [0.1, 0.15) is 11.7 Å². The number of piperidine rings is 1. The highest BCUT2D eigenvalue weighted by Crippen LogP contribution is 2.69. The van der Waals surface area contributed by atoms with Crippen molar-refractivity contribution in [1.29, 1.82) is 0 Å². The molecule has 5 heteroatoms. The summed E-state index contributed by atoms with van der Waals surface area (Å²) in [5, 5.41) is 23.5. The maximum Gasteiger partial charge on any atom is 0.165 e. The van der Waals surface area contributed by atoms with E-state index in [2.05, 4.69) is 36.9 Å². The van der Waals surface area contributed by atoms with Crippen LogP contribution in [-0.2, 0) is 22.2 Å². The van der Waals surface area contributed by atoms with Crippen molar-refractivity contribution in [3.8, 4) is 11.5 Å². The Morgan fingerprint density at radius 1 is 1.19 bits per heavy atom. The zero-order valence-electron chi connectivity index (χ0n) is 22.7. The van der Waals surface area contributed by atoms with Crippen molar-refractivity contribution >= 4 is 0 Å². The second kappa shape index (κ2) is 7.97. The molecule has 198 valence electrons. The van der Waals surface area contributed by atoms with Gasteiger partial charge in [0.15, 0.2) is 11.5 Å². The molecule has 0 amide bonds. The fourth-order valence-electron chi connectivity index (χ4n) is 9.43. The number of aliphatic hydroxyl groups is 1. The maximum atomic E-state index is 12.5. The van der Waals surface area contributed by atoms with Crippen molar-refractivity contribution in [3.05, 3.63) is 58.7 Å². The van der Waals surface area contributed by atoms with Gasteiger partial charge in [-0.3, -0.25) is 4.90 Å². The van der Waals surface area contributed by atoms with Gasteiger partial charge in [-0.25, -0.2) is 0 Å². The number of nitrogens with zero attached hydrogens (tertiary/aromatic N) is 1. The van der Waals surface area contributed by atoms with E-state index in [4.69, 9.17) is 9.47 Å². The van der Waals surface area contributed by atoms with E-state index in [1.54, 1.807) is 7.11 Å². The monoisotopic (exact) mass is 503 g/mol. The van der Waals surface area contributed by atoms with Gasteiger partial charge in [0.05, 0.1) is 5.60 Å². The van der Waals surface area contributed by atoms with Gasteiger partial charge in [0, 0.05) is 36.6 Å². The lowest BCUT2D eigenvalue weighted by molar-refractivity contribution is -0.243. The van der Waals surface area contributed by atoms with Gasteiger partial charge in [-0.05, 0) is 93.5 Å². The molecule has 2 saturated carbocycles. The lowest BCUT2D eigenvalue weighted by Crippen LogP contribution is -2.74. The summed E-state index contributed by atoms with van der Waals surface area (Å²) in [6.45, 7) is 8.51. The van der Waals surface area contributed by atoms with E-state index in [0.717, 1.165) is 49.3 Å². The molecule has 2 bridgehead atoms. The van der Waals surface area contributed by atoms with Crippen LogP contribution in [0.4, 0.5) is 0 Å².